The van der Waals surface area contributed by atoms with Crippen LogP contribution in [0.15, 0.2) is 56.7 Å². The Hall–Kier alpha value is -2.27. The molecule has 1 heterocycles. The number of nitrogens with zero attached hydrogens (tertiary/aromatic N) is 1. The Balaban J connectivity index is 2.11. The van der Waals surface area contributed by atoms with Crippen LogP contribution in [0.2, 0.25) is 0 Å². The predicted molar refractivity (Wildman–Crippen MR) is 98.0 cm³/mol. The van der Waals surface area contributed by atoms with E-state index in [0.717, 1.165) is 21.7 Å². The van der Waals surface area contributed by atoms with E-state index in [0.29, 0.717) is 16.5 Å². The van der Waals surface area contributed by atoms with Gasteiger partial charge in [0.15, 0.2) is 5.17 Å². The first-order valence-corrected chi connectivity index (χ1v) is 8.43. The van der Waals surface area contributed by atoms with Gasteiger partial charge >= 0.3 is 5.63 Å². The Bertz CT molecular complexity index is 945. The van der Waals surface area contributed by atoms with Gasteiger partial charge in [0.25, 0.3) is 0 Å². The fourth-order valence-electron chi connectivity index (χ4n) is 2.58. The number of rotatable bonds is 3. The molecule has 0 saturated heterocycles. The number of hydrogen-bond acceptors (Lipinski definition) is 4. The van der Waals surface area contributed by atoms with Crippen molar-refractivity contribution in [3.05, 3.63) is 58.4 Å². The summed E-state index contributed by atoms with van der Waals surface area (Å²) in [6.07, 6.45) is 0. The lowest BCUT2D eigenvalue weighted by atomic mass is 10.0. The molecule has 23 heavy (non-hydrogen) atoms. The highest BCUT2D eigenvalue weighted by atomic mass is 32.2. The lowest BCUT2D eigenvalue weighted by Crippen LogP contribution is -2.10. The van der Waals surface area contributed by atoms with E-state index in [4.69, 9.17) is 10.2 Å². The summed E-state index contributed by atoms with van der Waals surface area (Å²) in [4.78, 5) is 16.1. The van der Waals surface area contributed by atoms with Gasteiger partial charge in [0.1, 0.15) is 5.58 Å². The highest BCUT2D eigenvalue weighted by Gasteiger charge is 2.10. The Labute approximate surface area is 138 Å². The average molecular weight is 326 g/mol. The Kier molecular flexibility index (Phi) is 4.39. The molecular weight excluding hydrogens is 308 g/mol. The third-order valence-corrected chi connectivity index (χ3v) is 4.33. The molecule has 4 nitrogen and oxygen atoms in total. The van der Waals surface area contributed by atoms with Crippen molar-refractivity contribution in [1.82, 2.24) is 0 Å². The summed E-state index contributed by atoms with van der Waals surface area (Å²) in [7, 11) is 0. The van der Waals surface area contributed by atoms with Gasteiger partial charge in [-0.3, -0.25) is 4.99 Å². The quantitative estimate of drug-likeness (QED) is 0.343. The van der Waals surface area contributed by atoms with Gasteiger partial charge < -0.3 is 10.2 Å². The first-order valence-electron chi connectivity index (χ1n) is 7.45. The molecule has 2 aromatic carbocycles. The van der Waals surface area contributed by atoms with Crippen LogP contribution in [-0.2, 0) is 5.75 Å². The highest BCUT2D eigenvalue weighted by Crippen LogP contribution is 2.29. The third kappa shape index (κ3) is 3.40. The molecule has 0 radical (unpaired) electrons. The first kappa shape index (κ1) is 15.6. The van der Waals surface area contributed by atoms with Crippen LogP contribution < -0.4 is 11.4 Å². The summed E-state index contributed by atoms with van der Waals surface area (Å²) in [5.74, 6) is 0.582. The van der Waals surface area contributed by atoms with Gasteiger partial charge in [0.2, 0.25) is 0 Å². The molecule has 0 amide bonds. The molecule has 0 spiro atoms. The van der Waals surface area contributed by atoms with Gasteiger partial charge in [0, 0.05) is 23.2 Å². The standard InChI is InChI=1S/C18H18N2O2S/c1-11(2)20-18(19)23-10-13-9-16(21)22-15-8-7-12-5-3-4-6-14(12)17(13)15/h3-9,11H,10H2,1-2H3,(H2,19,20). The van der Waals surface area contributed by atoms with Crippen molar-refractivity contribution >= 4 is 38.7 Å². The van der Waals surface area contributed by atoms with Crippen LogP contribution in [0, 0.1) is 0 Å². The van der Waals surface area contributed by atoms with Crippen molar-refractivity contribution in [3.63, 3.8) is 0 Å². The minimum absolute atomic E-state index is 0.154. The highest BCUT2D eigenvalue weighted by molar-refractivity contribution is 8.13. The molecule has 0 unspecified atom stereocenters. The van der Waals surface area contributed by atoms with Gasteiger partial charge in [-0.05, 0) is 36.2 Å². The van der Waals surface area contributed by atoms with Gasteiger partial charge in [-0.2, -0.15) is 0 Å². The maximum Gasteiger partial charge on any atom is 0.336 e. The number of benzene rings is 2. The zero-order chi connectivity index (χ0) is 16.4. The van der Waals surface area contributed by atoms with Crippen molar-refractivity contribution < 1.29 is 4.42 Å². The van der Waals surface area contributed by atoms with Crippen molar-refractivity contribution in [3.8, 4) is 0 Å². The minimum Gasteiger partial charge on any atom is -0.423 e. The number of hydrogen-bond donors (Lipinski definition) is 1. The Morgan fingerprint density at radius 1 is 1.26 bits per heavy atom. The summed E-state index contributed by atoms with van der Waals surface area (Å²) in [6.45, 7) is 3.96. The monoisotopic (exact) mass is 326 g/mol. The molecule has 118 valence electrons. The van der Waals surface area contributed by atoms with E-state index >= 15 is 0 Å². The second-order valence-corrected chi connectivity index (χ2v) is 6.60. The fourth-order valence-corrected chi connectivity index (χ4v) is 3.39. The molecule has 1 aromatic heterocycles. The summed E-state index contributed by atoms with van der Waals surface area (Å²) in [5.41, 5.74) is 7.10. The molecule has 0 aliphatic heterocycles. The largest absolute Gasteiger partial charge is 0.423 e. The first-order chi connectivity index (χ1) is 11.0. The van der Waals surface area contributed by atoms with Gasteiger partial charge in [-0.25, -0.2) is 4.79 Å². The smallest absolute Gasteiger partial charge is 0.336 e. The topological polar surface area (TPSA) is 68.6 Å². The Morgan fingerprint density at radius 3 is 2.83 bits per heavy atom. The molecule has 0 aliphatic carbocycles. The second kappa shape index (κ2) is 6.46. The lowest BCUT2D eigenvalue weighted by Gasteiger charge is -2.09. The molecule has 0 atom stereocenters. The third-order valence-electron chi connectivity index (χ3n) is 3.48. The fraction of sp³-hybridized carbons (Fsp3) is 0.222. The minimum atomic E-state index is -0.345. The SMILES string of the molecule is CC(C)N=C(N)SCc1cc(=O)oc2ccc3ccccc3c12. The molecule has 0 aliphatic rings. The van der Waals surface area contributed by atoms with Crippen molar-refractivity contribution in [2.24, 2.45) is 10.7 Å². The molecule has 0 bridgehead atoms. The number of fused-ring (bicyclic) bond motifs is 3. The summed E-state index contributed by atoms with van der Waals surface area (Å²) < 4.78 is 5.36. The number of nitrogens with two attached hydrogens (primary N) is 1. The molecule has 0 fully saturated rings. The zero-order valence-electron chi connectivity index (χ0n) is 13.1. The van der Waals surface area contributed by atoms with Crippen LogP contribution in [0.1, 0.15) is 19.4 Å². The Morgan fingerprint density at radius 2 is 2.04 bits per heavy atom. The van der Waals surface area contributed by atoms with E-state index in [9.17, 15) is 4.79 Å². The van der Waals surface area contributed by atoms with Crippen LogP contribution >= 0.6 is 11.8 Å². The second-order valence-electron chi connectivity index (χ2n) is 5.60. The molecule has 3 rings (SSSR count). The molecule has 0 saturated carbocycles. The van der Waals surface area contributed by atoms with E-state index < -0.39 is 0 Å². The van der Waals surface area contributed by atoms with Crippen molar-refractivity contribution in [2.75, 3.05) is 0 Å². The van der Waals surface area contributed by atoms with Crippen molar-refractivity contribution in [1.29, 1.82) is 0 Å². The maximum absolute atomic E-state index is 11.8. The average Bonchev–Trinajstić information content (AvgIpc) is 2.51. The van der Waals surface area contributed by atoms with E-state index in [1.165, 1.54) is 11.8 Å². The van der Waals surface area contributed by atoms with E-state index in [1.54, 1.807) is 6.07 Å². The molecule has 5 heteroatoms. The van der Waals surface area contributed by atoms with E-state index in [1.807, 2.05) is 50.2 Å². The zero-order valence-corrected chi connectivity index (χ0v) is 13.9. The van der Waals surface area contributed by atoms with E-state index in [2.05, 4.69) is 4.99 Å². The van der Waals surface area contributed by atoms with Crippen LogP contribution in [0.4, 0.5) is 0 Å². The molecule has 2 N–H and O–H groups in total. The maximum atomic E-state index is 11.8. The van der Waals surface area contributed by atoms with Gasteiger partial charge in [0.05, 0.1) is 0 Å². The van der Waals surface area contributed by atoms with Crippen LogP contribution in [0.3, 0.4) is 0 Å². The van der Waals surface area contributed by atoms with Gasteiger partial charge in [-0.15, -0.1) is 0 Å². The summed E-state index contributed by atoms with van der Waals surface area (Å²) in [6, 6.07) is 13.6. The summed E-state index contributed by atoms with van der Waals surface area (Å²) in [5, 5.41) is 3.68. The number of thioether (sulfide) groups is 1. The van der Waals surface area contributed by atoms with Crippen molar-refractivity contribution in [2.45, 2.75) is 25.6 Å². The van der Waals surface area contributed by atoms with Crippen LogP contribution in [-0.4, -0.2) is 11.2 Å². The van der Waals surface area contributed by atoms with Crippen LogP contribution in [0.5, 0.6) is 0 Å². The number of aliphatic imine (C=N–C) groups is 1. The van der Waals surface area contributed by atoms with Crippen LogP contribution in [0.25, 0.3) is 21.7 Å². The lowest BCUT2D eigenvalue weighted by molar-refractivity contribution is 0.560. The van der Waals surface area contributed by atoms with E-state index in [-0.39, 0.29) is 11.7 Å². The number of amidine groups is 1. The predicted octanol–water partition coefficient (Wildman–Crippen LogP) is 3.90. The van der Waals surface area contributed by atoms with Gasteiger partial charge in [-0.1, -0.05) is 42.1 Å². The summed E-state index contributed by atoms with van der Waals surface area (Å²) >= 11 is 1.44. The molecule has 3 aromatic rings. The molecular formula is C18H18N2O2S. The normalized spacial score (nSPS) is 12.4.